The van der Waals surface area contributed by atoms with Crippen molar-refractivity contribution in [2.75, 3.05) is 11.4 Å². The van der Waals surface area contributed by atoms with Gasteiger partial charge in [-0.05, 0) is 25.3 Å². The lowest BCUT2D eigenvalue weighted by atomic mass is 10.0. The highest BCUT2D eigenvalue weighted by Gasteiger charge is 2.38. The number of hydrogen-bond donors (Lipinski definition) is 2. The molecule has 2 aromatic carbocycles. The molecule has 1 aliphatic rings. The standard InChI is InChI=1S/C19H21N3O3/c1-19(2,18(20)25)21-17(24)13-10-16(23)22(11-13)15-9-5-7-12-6-3-4-8-14(12)15/h3-9,13H,10-11H2,1-2H3,(H2,20,25)(H,21,24)/t13-/m1/s1. The molecule has 3 rings (SSSR count). The zero-order valence-electron chi connectivity index (χ0n) is 14.3. The highest BCUT2D eigenvalue weighted by Crippen LogP contribution is 2.31. The van der Waals surface area contributed by atoms with Crippen molar-refractivity contribution in [3.63, 3.8) is 0 Å². The molecule has 1 saturated heterocycles. The summed E-state index contributed by atoms with van der Waals surface area (Å²) in [5, 5.41) is 4.64. The molecule has 0 bridgehead atoms. The minimum Gasteiger partial charge on any atom is -0.368 e. The van der Waals surface area contributed by atoms with E-state index >= 15 is 0 Å². The van der Waals surface area contributed by atoms with Crippen molar-refractivity contribution in [3.8, 4) is 0 Å². The third-order valence-electron chi connectivity index (χ3n) is 4.60. The molecule has 6 nitrogen and oxygen atoms in total. The normalized spacial score (nSPS) is 17.8. The molecular formula is C19H21N3O3. The molecule has 2 aromatic rings. The minimum absolute atomic E-state index is 0.103. The largest absolute Gasteiger partial charge is 0.368 e. The highest BCUT2D eigenvalue weighted by atomic mass is 16.2. The fraction of sp³-hybridized carbons (Fsp3) is 0.316. The molecule has 1 fully saturated rings. The maximum absolute atomic E-state index is 12.5. The summed E-state index contributed by atoms with van der Waals surface area (Å²) in [6, 6.07) is 13.6. The van der Waals surface area contributed by atoms with E-state index < -0.39 is 17.4 Å². The van der Waals surface area contributed by atoms with E-state index in [2.05, 4.69) is 5.32 Å². The molecule has 0 radical (unpaired) electrons. The Labute approximate surface area is 146 Å². The molecule has 130 valence electrons. The van der Waals surface area contributed by atoms with Gasteiger partial charge in [-0.25, -0.2) is 0 Å². The van der Waals surface area contributed by atoms with Gasteiger partial charge in [0.05, 0.1) is 11.6 Å². The second-order valence-corrected chi connectivity index (χ2v) is 6.88. The van der Waals surface area contributed by atoms with Crippen LogP contribution in [-0.2, 0) is 14.4 Å². The van der Waals surface area contributed by atoms with Crippen LogP contribution in [0.3, 0.4) is 0 Å². The molecule has 6 heteroatoms. The first-order valence-electron chi connectivity index (χ1n) is 8.19. The van der Waals surface area contributed by atoms with Gasteiger partial charge in [0.25, 0.3) is 0 Å². The molecule has 25 heavy (non-hydrogen) atoms. The van der Waals surface area contributed by atoms with Gasteiger partial charge in [-0.1, -0.05) is 36.4 Å². The number of amides is 3. The summed E-state index contributed by atoms with van der Waals surface area (Å²) in [4.78, 5) is 38.0. The van der Waals surface area contributed by atoms with Crippen LogP contribution in [0, 0.1) is 5.92 Å². The Hall–Kier alpha value is -2.89. The predicted molar refractivity (Wildman–Crippen MR) is 95.8 cm³/mol. The number of benzene rings is 2. The molecule has 0 spiro atoms. The number of nitrogens with two attached hydrogens (primary N) is 1. The third kappa shape index (κ3) is 3.20. The Morgan fingerprint density at radius 3 is 2.56 bits per heavy atom. The summed E-state index contributed by atoms with van der Waals surface area (Å²) in [5.74, 6) is -1.56. The smallest absolute Gasteiger partial charge is 0.242 e. The van der Waals surface area contributed by atoms with Crippen LogP contribution in [0.1, 0.15) is 20.3 Å². The quantitative estimate of drug-likeness (QED) is 0.885. The summed E-state index contributed by atoms with van der Waals surface area (Å²) in [5.41, 5.74) is 4.95. The van der Waals surface area contributed by atoms with Crippen LogP contribution in [-0.4, -0.2) is 29.8 Å². The number of fused-ring (bicyclic) bond motifs is 1. The lowest BCUT2D eigenvalue weighted by Gasteiger charge is -2.24. The Balaban J connectivity index is 1.83. The molecule has 1 aliphatic heterocycles. The van der Waals surface area contributed by atoms with Gasteiger partial charge in [-0.2, -0.15) is 0 Å². The Kier molecular flexibility index (Phi) is 4.20. The van der Waals surface area contributed by atoms with Crippen molar-refractivity contribution in [2.45, 2.75) is 25.8 Å². The highest BCUT2D eigenvalue weighted by molar-refractivity contribution is 6.07. The molecule has 0 aromatic heterocycles. The van der Waals surface area contributed by atoms with Crippen molar-refractivity contribution >= 4 is 34.2 Å². The molecule has 0 unspecified atom stereocenters. The zero-order valence-corrected chi connectivity index (χ0v) is 14.3. The number of rotatable bonds is 4. The maximum Gasteiger partial charge on any atom is 0.242 e. The van der Waals surface area contributed by atoms with Gasteiger partial charge in [-0.3, -0.25) is 14.4 Å². The fourth-order valence-electron chi connectivity index (χ4n) is 3.03. The van der Waals surface area contributed by atoms with E-state index in [9.17, 15) is 14.4 Å². The van der Waals surface area contributed by atoms with Crippen molar-refractivity contribution in [3.05, 3.63) is 42.5 Å². The van der Waals surface area contributed by atoms with E-state index in [0.29, 0.717) is 0 Å². The minimum atomic E-state index is -1.15. The van der Waals surface area contributed by atoms with Crippen molar-refractivity contribution < 1.29 is 14.4 Å². The van der Waals surface area contributed by atoms with E-state index in [1.54, 1.807) is 18.7 Å². The number of nitrogens with zero attached hydrogens (tertiary/aromatic N) is 1. The molecular weight excluding hydrogens is 318 g/mol. The number of anilines is 1. The molecule has 1 atom stereocenters. The summed E-state index contributed by atoms with van der Waals surface area (Å²) in [7, 11) is 0. The van der Waals surface area contributed by atoms with Crippen molar-refractivity contribution in [1.29, 1.82) is 0 Å². The summed E-state index contributed by atoms with van der Waals surface area (Å²) < 4.78 is 0. The number of hydrogen-bond acceptors (Lipinski definition) is 3. The monoisotopic (exact) mass is 339 g/mol. The van der Waals surface area contributed by atoms with Gasteiger partial charge in [0.2, 0.25) is 17.7 Å². The molecule has 1 heterocycles. The summed E-state index contributed by atoms with van der Waals surface area (Å²) in [6.07, 6.45) is 0.115. The van der Waals surface area contributed by atoms with Crippen LogP contribution in [0.25, 0.3) is 10.8 Å². The molecule has 0 saturated carbocycles. The van der Waals surface area contributed by atoms with Crippen LogP contribution in [0.4, 0.5) is 5.69 Å². The second-order valence-electron chi connectivity index (χ2n) is 6.88. The third-order valence-corrected chi connectivity index (χ3v) is 4.60. The van der Waals surface area contributed by atoms with E-state index in [0.717, 1.165) is 16.5 Å². The molecule has 3 amide bonds. The average molecular weight is 339 g/mol. The number of nitrogens with one attached hydrogen (secondary N) is 1. The van der Waals surface area contributed by atoms with Gasteiger partial charge < -0.3 is 16.0 Å². The van der Waals surface area contributed by atoms with Gasteiger partial charge in [0.15, 0.2) is 0 Å². The molecule has 3 N–H and O–H groups in total. The van der Waals surface area contributed by atoms with Gasteiger partial charge >= 0.3 is 0 Å². The van der Waals surface area contributed by atoms with Crippen molar-refractivity contribution in [2.24, 2.45) is 11.7 Å². The van der Waals surface area contributed by atoms with Crippen LogP contribution >= 0.6 is 0 Å². The van der Waals surface area contributed by atoms with Crippen LogP contribution in [0.15, 0.2) is 42.5 Å². The topological polar surface area (TPSA) is 92.5 Å². The maximum atomic E-state index is 12.5. The summed E-state index contributed by atoms with van der Waals surface area (Å²) in [6.45, 7) is 3.38. The van der Waals surface area contributed by atoms with Crippen LogP contribution in [0.2, 0.25) is 0 Å². The lowest BCUT2D eigenvalue weighted by Crippen LogP contribution is -2.54. The number of carbonyl (C=O) groups is 3. The SMILES string of the molecule is CC(C)(NC(=O)[C@@H]1CC(=O)N(c2cccc3ccccc23)C1)C(N)=O. The van der Waals surface area contributed by atoms with Crippen molar-refractivity contribution in [1.82, 2.24) is 5.32 Å². The Morgan fingerprint density at radius 2 is 1.84 bits per heavy atom. The average Bonchev–Trinajstić information content (AvgIpc) is 2.95. The van der Waals surface area contributed by atoms with E-state index in [4.69, 9.17) is 5.73 Å². The van der Waals surface area contributed by atoms with Gasteiger partial charge in [-0.15, -0.1) is 0 Å². The first-order chi connectivity index (χ1) is 11.8. The Bertz CT molecular complexity index is 855. The van der Waals surface area contributed by atoms with Crippen LogP contribution < -0.4 is 16.0 Å². The number of primary amides is 1. The summed E-state index contributed by atoms with van der Waals surface area (Å²) >= 11 is 0. The van der Waals surface area contributed by atoms with E-state index in [1.807, 2.05) is 42.5 Å². The first kappa shape index (κ1) is 17.0. The Morgan fingerprint density at radius 1 is 1.16 bits per heavy atom. The first-order valence-corrected chi connectivity index (χ1v) is 8.19. The number of carbonyl (C=O) groups excluding carboxylic acids is 3. The lowest BCUT2D eigenvalue weighted by molar-refractivity contribution is -0.132. The fourth-order valence-corrected chi connectivity index (χ4v) is 3.03. The van der Waals surface area contributed by atoms with E-state index in [-0.39, 0.29) is 24.8 Å². The zero-order chi connectivity index (χ0) is 18.2. The van der Waals surface area contributed by atoms with Gasteiger partial charge in [0, 0.05) is 18.4 Å². The molecule has 0 aliphatic carbocycles. The second kappa shape index (κ2) is 6.20. The van der Waals surface area contributed by atoms with E-state index in [1.165, 1.54) is 0 Å². The van der Waals surface area contributed by atoms with Crippen LogP contribution in [0.5, 0.6) is 0 Å². The van der Waals surface area contributed by atoms with Gasteiger partial charge in [0.1, 0.15) is 5.54 Å². The predicted octanol–water partition coefficient (Wildman–Crippen LogP) is 1.57.